The number of guanidine groups is 1. The Balaban J connectivity index is 1.79. The van der Waals surface area contributed by atoms with Gasteiger partial charge >= 0.3 is 0 Å². The first-order valence-corrected chi connectivity index (χ1v) is 9.63. The van der Waals surface area contributed by atoms with Crippen LogP contribution in [0, 0.1) is 5.82 Å². The molecule has 1 saturated heterocycles. The third kappa shape index (κ3) is 7.07. The standard InChI is InChI=1S/C20H32FN5O/c1-5-22-19(24-20(2,3)4)23-11-10-18(27)26-14-12-25(13-15-26)17-8-6-16(21)7-9-17/h6-9H,5,10-15H2,1-4H3,(H2,22,23,24). The van der Waals surface area contributed by atoms with Gasteiger partial charge in [-0.3, -0.25) is 9.79 Å². The number of rotatable bonds is 5. The van der Waals surface area contributed by atoms with Crippen molar-refractivity contribution in [1.29, 1.82) is 0 Å². The van der Waals surface area contributed by atoms with E-state index in [1.165, 1.54) is 12.1 Å². The zero-order valence-electron chi connectivity index (χ0n) is 16.9. The topological polar surface area (TPSA) is 60.0 Å². The number of hydrogen-bond acceptors (Lipinski definition) is 3. The van der Waals surface area contributed by atoms with E-state index in [4.69, 9.17) is 0 Å². The zero-order chi connectivity index (χ0) is 19.9. The van der Waals surface area contributed by atoms with Crippen molar-refractivity contribution in [3.8, 4) is 0 Å². The van der Waals surface area contributed by atoms with Crippen molar-refractivity contribution < 1.29 is 9.18 Å². The minimum absolute atomic E-state index is 0.0817. The van der Waals surface area contributed by atoms with Crippen LogP contribution in [0.5, 0.6) is 0 Å². The number of hydrogen-bond donors (Lipinski definition) is 2. The molecule has 2 N–H and O–H groups in total. The highest BCUT2D eigenvalue weighted by atomic mass is 19.1. The van der Waals surface area contributed by atoms with Crippen LogP contribution in [0.2, 0.25) is 0 Å². The maximum atomic E-state index is 13.0. The maximum Gasteiger partial charge on any atom is 0.224 e. The number of anilines is 1. The molecular formula is C20H32FN5O. The quantitative estimate of drug-likeness (QED) is 0.610. The van der Waals surface area contributed by atoms with Gasteiger partial charge in [0.25, 0.3) is 0 Å². The van der Waals surface area contributed by atoms with E-state index >= 15 is 0 Å². The summed E-state index contributed by atoms with van der Waals surface area (Å²) in [7, 11) is 0. The molecule has 0 bridgehead atoms. The monoisotopic (exact) mass is 377 g/mol. The Morgan fingerprint density at radius 3 is 2.33 bits per heavy atom. The predicted octanol–water partition coefficient (Wildman–Crippen LogP) is 2.22. The van der Waals surface area contributed by atoms with Gasteiger partial charge in [0.1, 0.15) is 5.82 Å². The van der Waals surface area contributed by atoms with Crippen LogP contribution < -0.4 is 15.5 Å². The second-order valence-corrected chi connectivity index (χ2v) is 7.73. The fourth-order valence-electron chi connectivity index (χ4n) is 2.95. The summed E-state index contributed by atoms with van der Waals surface area (Å²) < 4.78 is 13.0. The smallest absolute Gasteiger partial charge is 0.224 e. The molecule has 1 aliphatic heterocycles. The summed E-state index contributed by atoms with van der Waals surface area (Å²) in [5, 5.41) is 6.52. The van der Waals surface area contributed by atoms with Gasteiger partial charge in [-0.1, -0.05) is 0 Å². The van der Waals surface area contributed by atoms with Crippen LogP contribution in [0.4, 0.5) is 10.1 Å². The number of amides is 1. The number of halogens is 1. The van der Waals surface area contributed by atoms with Crippen molar-refractivity contribution >= 4 is 17.6 Å². The summed E-state index contributed by atoms with van der Waals surface area (Å²) in [6, 6.07) is 6.51. The summed E-state index contributed by atoms with van der Waals surface area (Å²) in [4.78, 5) is 21.0. The number of aliphatic imine (C=N–C) groups is 1. The molecule has 1 amide bonds. The number of nitrogens with zero attached hydrogens (tertiary/aromatic N) is 3. The lowest BCUT2D eigenvalue weighted by Crippen LogP contribution is -2.49. The molecule has 0 aromatic heterocycles. The molecule has 1 aromatic rings. The van der Waals surface area contributed by atoms with Crippen LogP contribution in [-0.2, 0) is 4.79 Å². The number of benzene rings is 1. The summed E-state index contributed by atoms with van der Waals surface area (Å²) in [5.41, 5.74) is 0.915. The van der Waals surface area contributed by atoms with Gasteiger partial charge in [0.15, 0.2) is 5.96 Å². The Bertz CT molecular complexity index is 631. The van der Waals surface area contributed by atoms with Crippen LogP contribution in [0.15, 0.2) is 29.3 Å². The second kappa shape index (κ2) is 9.58. The van der Waals surface area contributed by atoms with E-state index in [2.05, 4.69) is 41.3 Å². The van der Waals surface area contributed by atoms with Crippen molar-refractivity contribution in [1.82, 2.24) is 15.5 Å². The average molecular weight is 378 g/mol. The molecule has 7 heteroatoms. The van der Waals surface area contributed by atoms with E-state index < -0.39 is 0 Å². The van der Waals surface area contributed by atoms with Crippen LogP contribution in [0.3, 0.4) is 0 Å². The molecule has 1 heterocycles. The first-order chi connectivity index (χ1) is 12.8. The SMILES string of the molecule is CCNC(=NCCC(=O)N1CCN(c2ccc(F)cc2)CC1)NC(C)(C)C. The first kappa shape index (κ1) is 21.0. The molecule has 0 radical (unpaired) electrons. The third-order valence-electron chi connectivity index (χ3n) is 4.26. The van der Waals surface area contributed by atoms with Crippen molar-refractivity contribution in [3.63, 3.8) is 0 Å². The van der Waals surface area contributed by atoms with E-state index in [1.54, 1.807) is 12.1 Å². The van der Waals surface area contributed by atoms with Gasteiger partial charge in [0, 0.05) is 50.4 Å². The van der Waals surface area contributed by atoms with Crippen LogP contribution >= 0.6 is 0 Å². The minimum atomic E-state index is -0.231. The Kier molecular flexibility index (Phi) is 7.45. The summed E-state index contributed by atoms with van der Waals surface area (Å²) >= 11 is 0. The van der Waals surface area contributed by atoms with Crippen LogP contribution in [0.25, 0.3) is 0 Å². The molecule has 6 nitrogen and oxygen atoms in total. The Hall–Kier alpha value is -2.31. The Labute approximate surface area is 161 Å². The van der Waals surface area contributed by atoms with E-state index in [1.807, 2.05) is 11.8 Å². The van der Waals surface area contributed by atoms with Crippen molar-refractivity contribution in [2.45, 2.75) is 39.7 Å². The van der Waals surface area contributed by atoms with Gasteiger partial charge in [-0.05, 0) is 52.0 Å². The highest BCUT2D eigenvalue weighted by molar-refractivity contribution is 5.81. The van der Waals surface area contributed by atoms with Crippen molar-refractivity contribution in [2.24, 2.45) is 4.99 Å². The van der Waals surface area contributed by atoms with Crippen LogP contribution in [-0.4, -0.2) is 61.6 Å². The molecule has 0 atom stereocenters. The van der Waals surface area contributed by atoms with Crippen molar-refractivity contribution in [2.75, 3.05) is 44.2 Å². The van der Waals surface area contributed by atoms with E-state index in [9.17, 15) is 9.18 Å². The van der Waals surface area contributed by atoms with Gasteiger partial charge in [0.05, 0.1) is 6.54 Å². The lowest BCUT2D eigenvalue weighted by molar-refractivity contribution is -0.131. The summed E-state index contributed by atoms with van der Waals surface area (Å²) in [5.74, 6) is 0.633. The highest BCUT2D eigenvalue weighted by Gasteiger charge is 2.21. The molecule has 0 unspecified atom stereocenters. The van der Waals surface area contributed by atoms with Crippen LogP contribution in [0.1, 0.15) is 34.1 Å². The fraction of sp³-hybridized carbons (Fsp3) is 0.600. The molecule has 2 rings (SSSR count). The first-order valence-electron chi connectivity index (χ1n) is 9.63. The van der Waals surface area contributed by atoms with Crippen molar-refractivity contribution in [3.05, 3.63) is 30.1 Å². The fourth-order valence-corrected chi connectivity index (χ4v) is 2.95. The van der Waals surface area contributed by atoms with Gasteiger partial charge in [-0.25, -0.2) is 4.39 Å². The summed E-state index contributed by atoms with van der Waals surface area (Å²) in [6.45, 7) is 12.4. The maximum absolute atomic E-state index is 13.0. The molecule has 150 valence electrons. The lowest BCUT2D eigenvalue weighted by Gasteiger charge is -2.36. The van der Waals surface area contributed by atoms with Gasteiger partial charge in [0.2, 0.25) is 5.91 Å². The molecule has 27 heavy (non-hydrogen) atoms. The second-order valence-electron chi connectivity index (χ2n) is 7.73. The Morgan fingerprint density at radius 2 is 1.78 bits per heavy atom. The van der Waals surface area contributed by atoms with Gasteiger partial charge in [-0.2, -0.15) is 0 Å². The van der Waals surface area contributed by atoms with E-state index in [0.717, 1.165) is 31.3 Å². The van der Waals surface area contributed by atoms with E-state index in [-0.39, 0.29) is 17.3 Å². The van der Waals surface area contributed by atoms with Gasteiger partial charge in [-0.15, -0.1) is 0 Å². The largest absolute Gasteiger partial charge is 0.368 e. The molecule has 0 saturated carbocycles. The molecule has 1 aliphatic rings. The number of carbonyl (C=O) groups excluding carboxylic acids is 1. The van der Waals surface area contributed by atoms with Gasteiger partial charge < -0.3 is 20.4 Å². The predicted molar refractivity (Wildman–Crippen MR) is 109 cm³/mol. The highest BCUT2D eigenvalue weighted by Crippen LogP contribution is 2.17. The zero-order valence-corrected chi connectivity index (χ0v) is 16.9. The molecule has 0 aliphatic carbocycles. The number of piperazine rings is 1. The van der Waals surface area contributed by atoms with E-state index in [0.29, 0.717) is 26.1 Å². The molecule has 1 aromatic carbocycles. The molecule has 0 spiro atoms. The third-order valence-corrected chi connectivity index (χ3v) is 4.26. The number of carbonyl (C=O) groups is 1. The average Bonchev–Trinajstić information content (AvgIpc) is 2.61. The minimum Gasteiger partial charge on any atom is -0.368 e. The number of nitrogens with one attached hydrogen (secondary N) is 2. The summed E-state index contributed by atoms with van der Waals surface area (Å²) in [6.07, 6.45) is 0.400. The molecule has 1 fully saturated rings. The normalized spacial score (nSPS) is 15.7. The Morgan fingerprint density at radius 1 is 1.15 bits per heavy atom. The lowest BCUT2D eigenvalue weighted by atomic mass is 10.1. The molecular weight excluding hydrogens is 345 g/mol.